The predicted molar refractivity (Wildman–Crippen MR) is 118 cm³/mol. The average molecular weight is 419 g/mol. The molecule has 5 rings (SSSR count). The molecule has 1 aliphatic heterocycles. The normalized spacial score (nSPS) is 16.9. The Morgan fingerprint density at radius 3 is 2.84 bits per heavy atom. The molecule has 31 heavy (non-hydrogen) atoms. The molecule has 1 aliphatic rings. The molecule has 8 nitrogen and oxygen atoms in total. The highest BCUT2D eigenvalue weighted by molar-refractivity contribution is 5.94. The molecule has 160 valence electrons. The Kier molecular flexibility index (Phi) is 4.95. The summed E-state index contributed by atoms with van der Waals surface area (Å²) in [5.74, 6) is 2.17. The molecule has 0 aliphatic carbocycles. The van der Waals surface area contributed by atoms with Crippen molar-refractivity contribution in [3.63, 3.8) is 0 Å². The van der Waals surface area contributed by atoms with Crippen LogP contribution >= 0.6 is 0 Å². The zero-order valence-corrected chi connectivity index (χ0v) is 17.8. The van der Waals surface area contributed by atoms with Crippen LogP contribution in [0, 0.1) is 13.8 Å². The number of aromatic nitrogens is 4. The Bertz CT molecular complexity index is 1230. The monoisotopic (exact) mass is 419 g/mol. The molecule has 1 saturated heterocycles. The van der Waals surface area contributed by atoms with Crippen molar-refractivity contribution in [1.82, 2.24) is 20.1 Å². The van der Waals surface area contributed by atoms with Crippen molar-refractivity contribution in [1.29, 1.82) is 0 Å². The molecule has 1 aromatic carbocycles. The standard InChI is InChI=1S/C23H25N5O3/c1-13-12-30-7-6-28(13)21-10-20(22-14(2)27-31-15(22)3)25-23(26-21)18-8-16(11-29)9-19-17(18)4-5-24-19/h4-5,8-10,13,24,29H,6-7,11-12H2,1-3H3. The van der Waals surface area contributed by atoms with Gasteiger partial charge in [-0.15, -0.1) is 0 Å². The van der Waals surface area contributed by atoms with E-state index >= 15 is 0 Å². The van der Waals surface area contributed by atoms with Gasteiger partial charge in [0.2, 0.25) is 0 Å². The van der Waals surface area contributed by atoms with Crippen LogP contribution in [0.5, 0.6) is 0 Å². The summed E-state index contributed by atoms with van der Waals surface area (Å²) in [6.07, 6.45) is 1.89. The maximum atomic E-state index is 9.78. The number of morpholine rings is 1. The highest BCUT2D eigenvalue weighted by Crippen LogP contribution is 2.34. The van der Waals surface area contributed by atoms with Gasteiger partial charge < -0.3 is 24.3 Å². The third-order valence-corrected chi connectivity index (χ3v) is 5.82. The van der Waals surface area contributed by atoms with Gasteiger partial charge >= 0.3 is 0 Å². The van der Waals surface area contributed by atoms with Crippen LogP contribution in [-0.2, 0) is 11.3 Å². The first kappa shape index (κ1) is 19.7. The number of aliphatic hydroxyl groups is 1. The van der Waals surface area contributed by atoms with Gasteiger partial charge in [-0.1, -0.05) is 5.16 Å². The molecule has 0 spiro atoms. The smallest absolute Gasteiger partial charge is 0.162 e. The number of nitrogens with zero attached hydrogens (tertiary/aromatic N) is 4. The van der Waals surface area contributed by atoms with Gasteiger partial charge in [-0.2, -0.15) is 0 Å². The Hall–Kier alpha value is -3.23. The van der Waals surface area contributed by atoms with E-state index in [4.69, 9.17) is 19.2 Å². The SMILES string of the molecule is Cc1noc(C)c1-c1cc(N2CCOCC2C)nc(-c2cc(CO)cc3[nH]ccc23)n1. The van der Waals surface area contributed by atoms with Crippen molar-refractivity contribution in [3.05, 3.63) is 47.5 Å². The van der Waals surface area contributed by atoms with Crippen LogP contribution in [0.2, 0.25) is 0 Å². The van der Waals surface area contributed by atoms with Gasteiger partial charge in [0.25, 0.3) is 0 Å². The number of rotatable bonds is 4. The molecular formula is C23H25N5O3. The third-order valence-electron chi connectivity index (χ3n) is 5.82. The van der Waals surface area contributed by atoms with Gasteiger partial charge in [-0.3, -0.25) is 0 Å². The Balaban J connectivity index is 1.75. The lowest BCUT2D eigenvalue weighted by Gasteiger charge is -2.34. The van der Waals surface area contributed by atoms with E-state index in [2.05, 4.69) is 22.0 Å². The van der Waals surface area contributed by atoms with Crippen molar-refractivity contribution < 1.29 is 14.4 Å². The summed E-state index contributed by atoms with van der Waals surface area (Å²) < 4.78 is 11.0. The average Bonchev–Trinajstić information content (AvgIpc) is 3.38. The first-order valence-corrected chi connectivity index (χ1v) is 10.4. The lowest BCUT2D eigenvalue weighted by molar-refractivity contribution is 0.0985. The second-order valence-corrected chi connectivity index (χ2v) is 7.99. The number of aromatic amines is 1. The van der Waals surface area contributed by atoms with Crippen molar-refractivity contribution in [3.8, 4) is 22.6 Å². The number of benzene rings is 1. The molecule has 0 saturated carbocycles. The molecule has 0 amide bonds. The largest absolute Gasteiger partial charge is 0.392 e. The van der Waals surface area contributed by atoms with Gasteiger partial charge in [0.15, 0.2) is 5.82 Å². The minimum atomic E-state index is -0.0567. The highest BCUT2D eigenvalue weighted by Gasteiger charge is 2.24. The molecule has 4 heterocycles. The lowest BCUT2D eigenvalue weighted by atomic mass is 10.0. The fourth-order valence-electron chi connectivity index (χ4n) is 4.25. The quantitative estimate of drug-likeness (QED) is 0.521. The van der Waals surface area contributed by atoms with Gasteiger partial charge in [0.05, 0.1) is 42.8 Å². The molecule has 1 unspecified atom stereocenters. The van der Waals surface area contributed by atoms with E-state index in [1.165, 1.54) is 0 Å². The van der Waals surface area contributed by atoms with E-state index in [0.717, 1.165) is 57.1 Å². The van der Waals surface area contributed by atoms with Crippen molar-refractivity contribution in [2.45, 2.75) is 33.4 Å². The summed E-state index contributed by atoms with van der Waals surface area (Å²) in [6, 6.07) is 8.11. The first-order chi connectivity index (χ1) is 15.0. The molecule has 2 N–H and O–H groups in total. The molecule has 0 radical (unpaired) electrons. The van der Waals surface area contributed by atoms with Crippen molar-refractivity contribution in [2.24, 2.45) is 0 Å². The second-order valence-electron chi connectivity index (χ2n) is 7.99. The van der Waals surface area contributed by atoms with E-state index < -0.39 is 0 Å². The first-order valence-electron chi connectivity index (χ1n) is 10.4. The molecular weight excluding hydrogens is 394 g/mol. The van der Waals surface area contributed by atoms with Crippen LogP contribution in [-0.4, -0.2) is 51.0 Å². The van der Waals surface area contributed by atoms with Gasteiger partial charge in [0.1, 0.15) is 11.6 Å². The van der Waals surface area contributed by atoms with Crippen LogP contribution in [0.25, 0.3) is 33.5 Å². The van der Waals surface area contributed by atoms with E-state index in [0.29, 0.717) is 19.0 Å². The summed E-state index contributed by atoms with van der Waals surface area (Å²) in [5.41, 5.74) is 5.06. The molecule has 4 aromatic rings. The summed E-state index contributed by atoms with van der Waals surface area (Å²) in [4.78, 5) is 15.4. The highest BCUT2D eigenvalue weighted by atomic mass is 16.5. The number of aryl methyl sites for hydroxylation is 2. The van der Waals surface area contributed by atoms with E-state index in [1.54, 1.807) is 0 Å². The van der Waals surface area contributed by atoms with Crippen molar-refractivity contribution >= 4 is 16.7 Å². The molecule has 1 atom stereocenters. The number of anilines is 1. The zero-order chi connectivity index (χ0) is 21.5. The molecule has 3 aromatic heterocycles. The summed E-state index contributed by atoms with van der Waals surface area (Å²) in [6.45, 7) is 7.96. The molecule has 0 bridgehead atoms. The lowest BCUT2D eigenvalue weighted by Crippen LogP contribution is -2.44. The predicted octanol–water partition coefficient (Wildman–Crippen LogP) is 3.61. The molecule has 8 heteroatoms. The van der Waals surface area contributed by atoms with E-state index in [1.807, 2.05) is 44.3 Å². The number of H-pyrrole nitrogens is 1. The Labute approximate surface area is 179 Å². The van der Waals surface area contributed by atoms with Gasteiger partial charge in [-0.05, 0) is 44.5 Å². The van der Waals surface area contributed by atoms with Crippen LogP contribution in [0.15, 0.2) is 35.0 Å². The number of nitrogens with one attached hydrogen (secondary N) is 1. The van der Waals surface area contributed by atoms with E-state index in [-0.39, 0.29) is 12.6 Å². The Morgan fingerprint density at radius 2 is 2.10 bits per heavy atom. The minimum absolute atomic E-state index is 0.0567. The van der Waals surface area contributed by atoms with Gasteiger partial charge in [0, 0.05) is 35.3 Å². The van der Waals surface area contributed by atoms with E-state index in [9.17, 15) is 5.11 Å². The fourth-order valence-corrected chi connectivity index (χ4v) is 4.25. The zero-order valence-electron chi connectivity index (χ0n) is 17.8. The van der Waals surface area contributed by atoms with Crippen LogP contribution in [0.3, 0.4) is 0 Å². The third kappa shape index (κ3) is 3.47. The summed E-state index contributed by atoms with van der Waals surface area (Å²) >= 11 is 0. The maximum Gasteiger partial charge on any atom is 0.162 e. The van der Waals surface area contributed by atoms with Crippen molar-refractivity contribution in [2.75, 3.05) is 24.7 Å². The number of aliphatic hydroxyl groups excluding tert-OH is 1. The second kappa shape index (κ2) is 7.79. The maximum absolute atomic E-state index is 9.78. The van der Waals surface area contributed by atoms with Crippen LogP contribution < -0.4 is 4.90 Å². The summed E-state index contributed by atoms with van der Waals surface area (Å²) in [7, 11) is 0. The number of ether oxygens (including phenoxy) is 1. The Morgan fingerprint density at radius 1 is 1.23 bits per heavy atom. The topological polar surface area (TPSA) is 100 Å². The number of fused-ring (bicyclic) bond motifs is 1. The summed E-state index contributed by atoms with van der Waals surface area (Å²) in [5, 5.41) is 14.9. The molecule has 1 fully saturated rings. The van der Waals surface area contributed by atoms with Crippen LogP contribution in [0.4, 0.5) is 5.82 Å². The van der Waals surface area contributed by atoms with Crippen LogP contribution in [0.1, 0.15) is 23.9 Å². The fraction of sp³-hybridized carbons (Fsp3) is 0.348. The number of hydrogen-bond acceptors (Lipinski definition) is 7. The minimum Gasteiger partial charge on any atom is -0.392 e. The number of hydrogen-bond donors (Lipinski definition) is 2. The van der Waals surface area contributed by atoms with Gasteiger partial charge in [-0.25, -0.2) is 9.97 Å².